The molecule has 2 heterocycles. The number of Topliss-reactive ketones (excluding diaryl/α,β-unsaturated/α-hetero) is 1. The van der Waals surface area contributed by atoms with Crippen LogP contribution in [-0.2, 0) is 14.3 Å². The topological polar surface area (TPSA) is 99.5 Å². The molecule has 0 aromatic carbocycles. The van der Waals surface area contributed by atoms with E-state index < -0.39 is 43.1 Å². The van der Waals surface area contributed by atoms with Crippen molar-refractivity contribution in [3.63, 3.8) is 0 Å². The number of hydrogen-bond donors (Lipinski definition) is 3. The van der Waals surface area contributed by atoms with Crippen molar-refractivity contribution in [3.8, 4) is 0 Å². The van der Waals surface area contributed by atoms with Gasteiger partial charge >= 0.3 is 0 Å². The Morgan fingerprint density at radius 3 is 2.77 bits per heavy atom. The van der Waals surface area contributed by atoms with E-state index in [9.17, 15) is 4.79 Å². The van der Waals surface area contributed by atoms with Crippen molar-refractivity contribution in [1.82, 2.24) is 0 Å². The second-order valence-corrected chi connectivity index (χ2v) is 3.12. The highest BCUT2D eigenvalue weighted by Crippen LogP contribution is 2.34. The Balaban J connectivity index is 2.06. The van der Waals surface area contributed by atoms with E-state index in [2.05, 4.69) is 0 Å². The van der Waals surface area contributed by atoms with E-state index >= 15 is 0 Å². The van der Waals surface area contributed by atoms with Gasteiger partial charge in [-0.15, -0.1) is 0 Å². The van der Waals surface area contributed by atoms with E-state index in [1.54, 1.807) is 0 Å². The van der Waals surface area contributed by atoms with Crippen molar-refractivity contribution in [2.24, 2.45) is 0 Å². The maximum absolute atomic E-state index is 11.3. The molecular formula is C7H10O6. The first-order valence-corrected chi connectivity index (χ1v) is 3.97. The minimum Gasteiger partial charge on any atom is -0.394 e. The summed E-state index contributed by atoms with van der Waals surface area (Å²) in [6.45, 7) is -0.583. The summed E-state index contributed by atoms with van der Waals surface area (Å²) < 4.78 is 9.59. The molecule has 13 heavy (non-hydrogen) atoms. The lowest BCUT2D eigenvalue weighted by Crippen LogP contribution is -2.49. The molecule has 2 aliphatic heterocycles. The predicted octanol–water partition coefficient (Wildman–Crippen LogP) is -2.61. The lowest BCUT2D eigenvalue weighted by molar-refractivity contribution is -0.190. The van der Waals surface area contributed by atoms with Crippen LogP contribution in [0.25, 0.3) is 0 Å². The van der Waals surface area contributed by atoms with Crippen LogP contribution in [0, 0.1) is 0 Å². The third-order valence-electron chi connectivity index (χ3n) is 2.19. The van der Waals surface area contributed by atoms with E-state index in [0.717, 1.165) is 0 Å². The van der Waals surface area contributed by atoms with E-state index in [4.69, 9.17) is 24.8 Å². The molecule has 3 N–H and O–H groups in total. The Bertz CT molecular complexity index is 229. The van der Waals surface area contributed by atoms with Crippen LogP contribution in [0.5, 0.6) is 0 Å². The smallest absolute Gasteiger partial charge is 0.195 e. The number of rotatable bonds is 2. The van der Waals surface area contributed by atoms with Crippen molar-refractivity contribution in [2.45, 2.75) is 30.7 Å². The summed E-state index contributed by atoms with van der Waals surface area (Å²) >= 11 is 0. The van der Waals surface area contributed by atoms with Gasteiger partial charge in [0, 0.05) is 0 Å². The molecule has 2 aliphatic rings. The Morgan fingerprint density at radius 2 is 2.15 bits per heavy atom. The fraction of sp³-hybridized carbons (Fsp3) is 0.857. The molecule has 74 valence electrons. The van der Waals surface area contributed by atoms with Crippen molar-refractivity contribution in [3.05, 3.63) is 0 Å². The molecule has 0 spiro atoms. The molecular weight excluding hydrogens is 180 g/mol. The van der Waals surface area contributed by atoms with Gasteiger partial charge in [-0.1, -0.05) is 0 Å². The zero-order valence-corrected chi connectivity index (χ0v) is 6.66. The van der Waals surface area contributed by atoms with Gasteiger partial charge in [0.2, 0.25) is 0 Å². The fourth-order valence-corrected chi connectivity index (χ4v) is 1.40. The largest absolute Gasteiger partial charge is 0.394 e. The maximum atomic E-state index is 11.3. The Kier molecular flexibility index (Phi) is 2.09. The van der Waals surface area contributed by atoms with Crippen LogP contribution in [0.3, 0.4) is 0 Å². The van der Waals surface area contributed by atoms with Gasteiger partial charge in [-0.05, 0) is 0 Å². The summed E-state index contributed by atoms with van der Waals surface area (Å²) in [6.07, 6.45) is -4.92. The Hall–Kier alpha value is -0.530. The lowest BCUT2D eigenvalue weighted by Gasteiger charge is -2.25. The molecule has 0 saturated carbocycles. The number of aliphatic hydroxyl groups is 3. The molecule has 2 saturated heterocycles. The van der Waals surface area contributed by atoms with Crippen LogP contribution in [0.15, 0.2) is 0 Å². The Labute approximate surface area is 73.7 Å². The standard InChI is InChI=1S/C7H10O6/c8-1-2(9)4-3(10)5-6(12-5)7(11)13-4/h2,4-9,11H,1H2. The van der Waals surface area contributed by atoms with Crippen molar-refractivity contribution in [1.29, 1.82) is 0 Å². The molecule has 0 aliphatic carbocycles. The van der Waals surface area contributed by atoms with Crippen molar-refractivity contribution < 1.29 is 29.6 Å². The first-order valence-electron chi connectivity index (χ1n) is 3.97. The minimum atomic E-state index is -1.30. The fourth-order valence-electron chi connectivity index (χ4n) is 1.40. The van der Waals surface area contributed by atoms with Gasteiger partial charge in [-0.3, -0.25) is 4.79 Å². The average Bonchev–Trinajstić information content (AvgIpc) is 2.90. The van der Waals surface area contributed by atoms with E-state index in [-0.39, 0.29) is 0 Å². The van der Waals surface area contributed by atoms with Gasteiger partial charge in [0.15, 0.2) is 18.2 Å². The van der Waals surface area contributed by atoms with E-state index in [1.165, 1.54) is 0 Å². The number of carbonyl (C=O) groups is 1. The van der Waals surface area contributed by atoms with Crippen LogP contribution in [0.2, 0.25) is 0 Å². The van der Waals surface area contributed by atoms with Crippen LogP contribution in [0.1, 0.15) is 0 Å². The molecule has 5 unspecified atom stereocenters. The third-order valence-corrected chi connectivity index (χ3v) is 2.19. The molecule has 0 bridgehead atoms. The monoisotopic (exact) mass is 190 g/mol. The number of ketones is 1. The van der Waals surface area contributed by atoms with Crippen LogP contribution in [0.4, 0.5) is 0 Å². The first kappa shape index (κ1) is 9.04. The van der Waals surface area contributed by atoms with Crippen molar-refractivity contribution >= 4 is 5.78 Å². The normalized spacial score (nSPS) is 45.6. The summed E-state index contributed by atoms with van der Waals surface area (Å²) in [5.41, 5.74) is 0. The van der Waals surface area contributed by atoms with Crippen LogP contribution >= 0.6 is 0 Å². The highest BCUT2D eigenvalue weighted by Gasteiger charge is 2.58. The molecule has 2 rings (SSSR count). The van der Waals surface area contributed by atoms with Gasteiger partial charge in [0.25, 0.3) is 0 Å². The molecule has 5 atom stereocenters. The molecule has 6 nitrogen and oxygen atoms in total. The number of epoxide rings is 1. The van der Waals surface area contributed by atoms with Gasteiger partial charge in [0.05, 0.1) is 6.61 Å². The number of aliphatic hydroxyl groups excluding tert-OH is 3. The molecule has 2 fully saturated rings. The second kappa shape index (κ2) is 3.00. The minimum absolute atomic E-state index is 0.420. The molecule has 0 aromatic rings. The first-order chi connectivity index (χ1) is 6.15. The third kappa shape index (κ3) is 1.36. The predicted molar refractivity (Wildman–Crippen MR) is 37.6 cm³/mol. The highest BCUT2D eigenvalue weighted by atomic mass is 16.7. The maximum Gasteiger partial charge on any atom is 0.195 e. The second-order valence-electron chi connectivity index (χ2n) is 3.12. The SMILES string of the molecule is O=C1C(C(O)CO)OC(O)C2OC12. The average molecular weight is 190 g/mol. The zero-order chi connectivity index (χ0) is 9.59. The highest BCUT2D eigenvalue weighted by molar-refractivity contribution is 5.91. The lowest BCUT2D eigenvalue weighted by atomic mass is 10.0. The number of ether oxygens (including phenoxy) is 2. The van der Waals surface area contributed by atoms with Gasteiger partial charge in [0.1, 0.15) is 18.3 Å². The molecule has 0 aromatic heterocycles. The van der Waals surface area contributed by atoms with Crippen LogP contribution in [-0.4, -0.2) is 58.4 Å². The summed E-state index contributed by atoms with van der Waals surface area (Å²) in [5.74, 6) is -0.420. The summed E-state index contributed by atoms with van der Waals surface area (Å²) in [5, 5.41) is 26.9. The molecule has 0 amide bonds. The van der Waals surface area contributed by atoms with Gasteiger partial charge in [-0.25, -0.2) is 0 Å². The zero-order valence-electron chi connectivity index (χ0n) is 6.66. The van der Waals surface area contributed by atoms with Crippen molar-refractivity contribution in [2.75, 3.05) is 6.61 Å². The summed E-state index contributed by atoms with van der Waals surface area (Å²) in [4.78, 5) is 11.3. The van der Waals surface area contributed by atoms with E-state index in [0.29, 0.717) is 0 Å². The summed E-state index contributed by atoms with van der Waals surface area (Å²) in [7, 11) is 0. The molecule has 0 radical (unpaired) electrons. The quantitative estimate of drug-likeness (QED) is 0.413. The number of hydrogen-bond acceptors (Lipinski definition) is 6. The van der Waals surface area contributed by atoms with Crippen LogP contribution < -0.4 is 0 Å². The van der Waals surface area contributed by atoms with Gasteiger partial charge < -0.3 is 24.8 Å². The molecule has 6 heteroatoms. The van der Waals surface area contributed by atoms with E-state index in [1.807, 2.05) is 0 Å². The number of fused-ring (bicyclic) bond motifs is 1. The number of carbonyl (C=O) groups excluding carboxylic acids is 1. The summed E-state index contributed by atoms with van der Waals surface area (Å²) in [6, 6.07) is 0. The van der Waals surface area contributed by atoms with Gasteiger partial charge in [-0.2, -0.15) is 0 Å². The Morgan fingerprint density at radius 1 is 1.46 bits per heavy atom.